The first-order valence-electron chi connectivity index (χ1n) is 5.40. The van der Waals surface area contributed by atoms with Crippen molar-refractivity contribution >= 4 is 17.8 Å². The molecule has 0 radical (unpaired) electrons. The van der Waals surface area contributed by atoms with Crippen molar-refractivity contribution in [2.24, 2.45) is 16.1 Å². The van der Waals surface area contributed by atoms with E-state index in [9.17, 15) is 4.79 Å². The minimum absolute atomic E-state index is 0.0810. The molecule has 1 unspecified atom stereocenters. The molecular formula is C11H21N3O. The number of carbonyl (C=O) groups excluding carboxylic acids is 1. The average molecular weight is 211 g/mol. The summed E-state index contributed by atoms with van der Waals surface area (Å²) < 4.78 is 0. The number of nitrogens with one attached hydrogen (secondary N) is 1. The summed E-state index contributed by atoms with van der Waals surface area (Å²) in [5.74, 6) is 0.171. The van der Waals surface area contributed by atoms with Gasteiger partial charge in [0.25, 0.3) is 0 Å². The summed E-state index contributed by atoms with van der Waals surface area (Å²) in [4.78, 5) is 11.5. The van der Waals surface area contributed by atoms with E-state index < -0.39 is 0 Å². The Morgan fingerprint density at radius 3 is 2.73 bits per heavy atom. The van der Waals surface area contributed by atoms with E-state index in [1.807, 2.05) is 13.8 Å². The predicted molar refractivity (Wildman–Crippen MR) is 64.4 cm³/mol. The minimum atomic E-state index is 0.0810. The lowest BCUT2D eigenvalue weighted by Gasteiger charge is -2.10. The van der Waals surface area contributed by atoms with Gasteiger partial charge in [-0.25, -0.2) is 0 Å². The summed E-state index contributed by atoms with van der Waals surface area (Å²) in [7, 11) is 0. The molecule has 0 rings (SSSR count). The second-order valence-corrected chi connectivity index (χ2v) is 3.62. The third-order valence-electron chi connectivity index (χ3n) is 2.03. The van der Waals surface area contributed by atoms with Crippen molar-refractivity contribution in [2.45, 2.75) is 40.5 Å². The van der Waals surface area contributed by atoms with Crippen LogP contribution in [0.3, 0.4) is 0 Å². The van der Waals surface area contributed by atoms with Crippen LogP contribution in [-0.4, -0.2) is 24.4 Å². The molecule has 0 fully saturated rings. The maximum atomic E-state index is 11.5. The molecule has 0 aliphatic carbocycles. The van der Waals surface area contributed by atoms with Gasteiger partial charge in [-0.1, -0.05) is 20.3 Å². The molecule has 1 atom stereocenters. The fourth-order valence-corrected chi connectivity index (χ4v) is 1.15. The van der Waals surface area contributed by atoms with Gasteiger partial charge in [0.15, 0.2) is 0 Å². The van der Waals surface area contributed by atoms with Crippen LogP contribution in [0.25, 0.3) is 0 Å². The van der Waals surface area contributed by atoms with Gasteiger partial charge in [-0.05, 0) is 20.3 Å². The van der Waals surface area contributed by atoms with Gasteiger partial charge in [0.2, 0.25) is 5.91 Å². The van der Waals surface area contributed by atoms with E-state index in [4.69, 9.17) is 0 Å². The van der Waals surface area contributed by atoms with E-state index in [1.54, 1.807) is 13.1 Å². The van der Waals surface area contributed by atoms with Crippen molar-refractivity contribution in [3.05, 3.63) is 0 Å². The molecule has 0 aliphatic heterocycles. The smallest absolute Gasteiger partial charge is 0.223 e. The highest BCUT2D eigenvalue weighted by molar-refractivity contribution is 5.88. The van der Waals surface area contributed by atoms with E-state index in [0.717, 1.165) is 18.6 Å². The molecule has 0 aromatic carbocycles. The summed E-state index contributed by atoms with van der Waals surface area (Å²) in [6, 6.07) is 0. The minimum Gasteiger partial charge on any atom is -0.351 e. The molecule has 0 aliphatic rings. The molecular weight excluding hydrogens is 190 g/mol. The quantitative estimate of drug-likeness (QED) is 0.530. The molecule has 0 aromatic heterocycles. The van der Waals surface area contributed by atoms with Crippen LogP contribution in [0.5, 0.6) is 0 Å². The maximum absolute atomic E-state index is 11.5. The van der Waals surface area contributed by atoms with Crippen molar-refractivity contribution in [2.75, 3.05) is 6.54 Å². The average Bonchev–Trinajstić information content (AvgIpc) is 2.23. The summed E-state index contributed by atoms with van der Waals surface area (Å²) in [6.07, 6.45) is 3.57. The highest BCUT2D eigenvalue weighted by atomic mass is 16.1. The number of rotatable bonds is 6. The van der Waals surface area contributed by atoms with Crippen LogP contribution in [0.2, 0.25) is 0 Å². The van der Waals surface area contributed by atoms with Crippen molar-refractivity contribution in [1.29, 1.82) is 0 Å². The monoisotopic (exact) mass is 211 g/mol. The summed E-state index contributed by atoms with van der Waals surface area (Å²) in [5, 5.41) is 10.5. The van der Waals surface area contributed by atoms with E-state index in [-0.39, 0.29) is 11.8 Å². The fraction of sp³-hybridized carbons (Fsp3) is 0.727. The fourth-order valence-electron chi connectivity index (χ4n) is 1.15. The SMILES string of the molecule is C/C=N\N=C(/C)CNC(=O)C(C)CCC. The molecule has 0 bridgehead atoms. The third-order valence-corrected chi connectivity index (χ3v) is 2.03. The number of nitrogens with zero attached hydrogens (tertiary/aromatic N) is 2. The Morgan fingerprint density at radius 2 is 2.20 bits per heavy atom. The van der Waals surface area contributed by atoms with Gasteiger partial charge in [-0.2, -0.15) is 10.2 Å². The number of hydrogen-bond donors (Lipinski definition) is 1. The Morgan fingerprint density at radius 1 is 1.53 bits per heavy atom. The van der Waals surface area contributed by atoms with E-state index >= 15 is 0 Å². The van der Waals surface area contributed by atoms with E-state index in [0.29, 0.717) is 6.54 Å². The van der Waals surface area contributed by atoms with Crippen molar-refractivity contribution < 1.29 is 4.79 Å². The number of hydrogen-bond acceptors (Lipinski definition) is 3. The van der Waals surface area contributed by atoms with Crippen LogP contribution in [0.1, 0.15) is 40.5 Å². The van der Waals surface area contributed by atoms with Crippen LogP contribution in [0.15, 0.2) is 10.2 Å². The number of carbonyl (C=O) groups is 1. The topological polar surface area (TPSA) is 53.8 Å². The van der Waals surface area contributed by atoms with Gasteiger partial charge < -0.3 is 5.32 Å². The molecule has 1 N–H and O–H groups in total. The van der Waals surface area contributed by atoms with Crippen LogP contribution in [0, 0.1) is 5.92 Å². The first-order chi connectivity index (χ1) is 7.11. The second kappa shape index (κ2) is 8.15. The Kier molecular flexibility index (Phi) is 7.50. The normalized spacial score (nSPS) is 14.3. The second-order valence-electron chi connectivity index (χ2n) is 3.62. The summed E-state index contributed by atoms with van der Waals surface area (Å²) in [6.45, 7) is 8.14. The molecule has 0 heterocycles. The van der Waals surface area contributed by atoms with Crippen LogP contribution >= 0.6 is 0 Å². The summed E-state index contributed by atoms with van der Waals surface area (Å²) in [5.41, 5.74) is 0.810. The molecule has 4 nitrogen and oxygen atoms in total. The van der Waals surface area contributed by atoms with Crippen molar-refractivity contribution in [3.8, 4) is 0 Å². The van der Waals surface area contributed by atoms with Crippen molar-refractivity contribution in [1.82, 2.24) is 5.32 Å². The van der Waals surface area contributed by atoms with E-state index in [1.165, 1.54) is 0 Å². The van der Waals surface area contributed by atoms with Gasteiger partial charge in [0.05, 0.1) is 12.3 Å². The van der Waals surface area contributed by atoms with Crippen molar-refractivity contribution in [3.63, 3.8) is 0 Å². The Labute approximate surface area is 91.9 Å². The highest BCUT2D eigenvalue weighted by Gasteiger charge is 2.10. The van der Waals surface area contributed by atoms with Crippen LogP contribution < -0.4 is 5.32 Å². The first-order valence-corrected chi connectivity index (χ1v) is 5.40. The Hall–Kier alpha value is -1.19. The molecule has 0 saturated heterocycles. The zero-order valence-electron chi connectivity index (χ0n) is 10.1. The van der Waals surface area contributed by atoms with Gasteiger partial charge in [0.1, 0.15) is 0 Å². The van der Waals surface area contributed by atoms with Gasteiger partial charge >= 0.3 is 0 Å². The molecule has 0 aromatic rings. The number of amides is 1. The molecule has 0 spiro atoms. The lowest BCUT2D eigenvalue weighted by Crippen LogP contribution is -2.32. The predicted octanol–water partition coefficient (Wildman–Crippen LogP) is 2.01. The van der Waals surface area contributed by atoms with E-state index in [2.05, 4.69) is 22.4 Å². The molecule has 86 valence electrons. The highest BCUT2D eigenvalue weighted by Crippen LogP contribution is 2.03. The van der Waals surface area contributed by atoms with Gasteiger partial charge in [-0.15, -0.1) is 0 Å². The van der Waals surface area contributed by atoms with Gasteiger partial charge in [-0.3, -0.25) is 4.79 Å². The first kappa shape index (κ1) is 13.8. The standard InChI is InChI=1S/C11H21N3O/c1-5-7-9(3)11(15)12-8-10(4)14-13-6-2/h6,9H,5,7-8H2,1-4H3,(H,12,15)/b13-6-,14-10+. The Bertz CT molecular complexity index is 246. The lowest BCUT2D eigenvalue weighted by molar-refractivity contribution is -0.124. The third kappa shape index (κ3) is 6.82. The van der Waals surface area contributed by atoms with Crippen LogP contribution in [-0.2, 0) is 4.79 Å². The molecule has 0 saturated carbocycles. The van der Waals surface area contributed by atoms with Gasteiger partial charge in [0, 0.05) is 12.1 Å². The molecule has 1 amide bonds. The van der Waals surface area contributed by atoms with Crippen LogP contribution in [0.4, 0.5) is 0 Å². The summed E-state index contributed by atoms with van der Waals surface area (Å²) >= 11 is 0. The largest absolute Gasteiger partial charge is 0.351 e. The Balaban J connectivity index is 3.89. The zero-order chi connectivity index (χ0) is 11.7. The zero-order valence-corrected chi connectivity index (χ0v) is 10.1. The molecule has 4 heteroatoms. The molecule has 15 heavy (non-hydrogen) atoms. The maximum Gasteiger partial charge on any atom is 0.223 e. The lowest BCUT2D eigenvalue weighted by atomic mass is 10.1.